The first-order valence-electron chi connectivity index (χ1n) is 7.92. The van der Waals surface area contributed by atoms with Crippen molar-refractivity contribution in [3.8, 4) is 0 Å². The number of alkyl halides is 3. The number of aryl methyl sites for hydroxylation is 1. The molecule has 0 aliphatic rings. The number of thioether (sulfide) groups is 1. The molecule has 0 spiro atoms. The Morgan fingerprint density at radius 3 is 2.64 bits per heavy atom. The molecular weight excluding hydrogens is 413 g/mol. The molecule has 3 rings (SSSR count). The number of thiazole rings is 1. The molecule has 3 aromatic rings. The lowest BCUT2D eigenvalue weighted by Gasteiger charge is -2.05. The largest absolute Gasteiger partial charge is 0.453 e. The molecule has 0 aliphatic carbocycles. The maximum atomic E-state index is 12.7. The summed E-state index contributed by atoms with van der Waals surface area (Å²) >= 11 is 2.28. The number of aromatic nitrogens is 4. The summed E-state index contributed by atoms with van der Waals surface area (Å²) in [4.78, 5) is 16.4. The number of carbonyl (C=O) groups is 1. The third-order valence-electron chi connectivity index (χ3n) is 3.51. The van der Waals surface area contributed by atoms with Crippen molar-refractivity contribution >= 4 is 34.7 Å². The van der Waals surface area contributed by atoms with Crippen LogP contribution < -0.4 is 11.2 Å². The van der Waals surface area contributed by atoms with Crippen LogP contribution >= 0.6 is 23.1 Å². The number of amides is 1. The van der Waals surface area contributed by atoms with Gasteiger partial charge in [0.15, 0.2) is 0 Å². The van der Waals surface area contributed by atoms with Crippen LogP contribution in [0.2, 0.25) is 0 Å². The predicted octanol–water partition coefficient (Wildman–Crippen LogP) is 3.25. The van der Waals surface area contributed by atoms with Crippen molar-refractivity contribution in [2.24, 2.45) is 0 Å². The van der Waals surface area contributed by atoms with Crippen LogP contribution in [0, 0.1) is 6.92 Å². The average molecular weight is 428 g/mol. The number of anilines is 1. The van der Waals surface area contributed by atoms with Crippen molar-refractivity contribution in [3.63, 3.8) is 0 Å². The minimum Gasteiger partial charge on any atom is -0.335 e. The summed E-state index contributed by atoms with van der Waals surface area (Å²) in [6.07, 6.45) is -4.56. The maximum absolute atomic E-state index is 12.7. The standard InChI is InChI=1S/C16H15F3N6OS2/c1-9-2-4-10(5-3-9)21-12(26)6-13-22-11(7-27-13)8-28-15-24-23-14(25(15)20)16(17,18)19/h2-5,7H,6,8,20H2,1H3,(H,21,26). The number of nitrogen functional groups attached to an aromatic ring is 1. The highest BCUT2D eigenvalue weighted by atomic mass is 32.2. The molecule has 2 heterocycles. The van der Waals surface area contributed by atoms with Crippen LogP contribution in [0.1, 0.15) is 22.1 Å². The van der Waals surface area contributed by atoms with Gasteiger partial charge in [0.25, 0.3) is 5.82 Å². The lowest BCUT2D eigenvalue weighted by molar-refractivity contribution is -0.146. The highest BCUT2D eigenvalue weighted by Gasteiger charge is 2.38. The number of benzene rings is 1. The maximum Gasteiger partial charge on any atom is 0.453 e. The molecule has 148 valence electrons. The van der Waals surface area contributed by atoms with Crippen LogP contribution in [0.5, 0.6) is 0 Å². The summed E-state index contributed by atoms with van der Waals surface area (Å²) in [6, 6.07) is 7.42. The Morgan fingerprint density at radius 1 is 1.29 bits per heavy atom. The molecule has 7 nitrogen and oxygen atoms in total. The second-order valence-electron chi connectivity index (χ2n) is 5.79. The summed E-state index contributed by atoms with van der Waals surface area (Å²) in [5.41, 5.74) is 2.41. The van der Waals surface area contributed by atoms with E-state index in [-0.39, 0.29) is 23.2 Å². The van der Waals surface area contributed by atoms with Gasteiger partial charge in [0, 0.05) is 16.8 Å². The number of nitrogens with zero attached hydrogens (tertiary/aromatic N) is 4. The first-order valence-corrected chi connectivity index (χ1v) is 9.79. The van der Waals surface area contributed by atoms with Crippen molar-refractivity contribution in [3.05, 3.63) is 51.7 Å². The van der Waals surface area contributed by atoms with E-state index in [1.165, 1.54) is 11.3 Å². The first kappa shape index (κ1) is 20.1. The molecular formula is C16H15F3N6OS2. The molecule has 0 saturated carbocycles. The van der Waals surface area contributed by atoms with E-state index in [0.717, 1.165) is 17.3 Å². The number of nitrogens with two attached hydrogens (primary N) is 1. The first-order chi connectivity index (χ1) is 13.2. The summed E-state index contributed by atoms with van der Waals surface area (Å²) in [5, 5.41) is 11.6. The Kier molecular flexibility index (Phi) is 5.89. The molecule has 0 fully saturated rings. The second kappa shape index (κ2) is 8.19. The van der Waals surface area contributed by atoms with Gasteiger partial charge in [-0.05, 0) is 19.1 Å². The highest BCUT2D eigenvalue weighted by molar-refractivity contribution is 7.98. The fraction of sp³-hybridized carbons (Fsp3) is 0.250. The number of nitrogens with one attached hydrogen (secondary N) is 1. The van der Waals surface area contributed by atoms with Gasteiger partial charge in [-0.15, -0.1) is 21.5 Å². The van der Waals surface area contributed by atoms with E-state index in [1.54, 1.807) is 5.38 Å². The van der Waals surface area contributed by atoms with Gasteiger partial charge in [-0.3, -0.25) is 4.79 Å². The highest BCUT2D eigenvalue weighted by Crippen LogP contribution is 2.30. The minimum absolute atomic E-state index is 0.0704. The van der Waals surface area contributed by atoms with Crippen molar-refractivity contribution in [2.75, 3.05) is 11.2 Å². The summed E-state index contributed by atoms with van der Waals surface area (Å²) < 4.78 is 38.4. The van der Waals surface area contributed by atoms with E-state index in [4.69, 9.17) is 5.84 Å². The molecule has 2 aromatic heterocycles. The Morgan fingerprint density at radius 2 is 2.00 bits per heavy atom. The molecule has 0 radical (unpaired) electrons. The Balaban J connectivity index is 1.55. The van der Waals surface area contributed by atoms with E-state index in [2.05, 4.69) is 20.5 Å². The van der Waals surface area contributed by atoms with Crippen molar-refractivity contribution < 1.29 is 18.0 Å². The molecule has 3 N–H and O–H groups in total. The number of carbonyl (C=O) groups excluding carboxylic acids is 1. The normalized spacial score (nSPS) is 11.6. The lowest BCUT2D eigenvalue weighted by atomic mass is 10.2. The molecule has 0 unspecified atom stereocenters. The molecule has 0 saturated heterocycles. The molecule has 0 atom stereocenters. The third kappa shape index (κ3) is 5.01. The van der Waals surface area contributed by atoms with Gasteiger partial charge in [-0.1, -0.05) is 29.5 Å². The van der Waals surface area contributed by atoms with Crippen molar-refractivity contribution in [1.29, 1.82) is 0 Å². The summed E-state index contributed by atoms with van der Waals surface area (Å²) in [6.45, 7) is 1.96. The third-order valence-corrected chi connectivity index (χ3v) is 5.39. The van der Waals surface area contributed by atoms with Crippen LogP contribution in [0.4, 0.5) is 18.9 Å². The van der Waals surface area contributed by atoms with Gasteiger partial charge in [-0.25, -0.2) is 9.66 Å². The molecule has 1 aromatic carbocycles. The molecule has 12 heteroatoms. The van der Waals surface area contributed by atoms with Crippen molar-refractivity contribution in [1.82, 2.24) is 19.9 Å². The molecule has 28 heavy (non-hydrogen) atoms. The van der Waals surface area contributed by atoms with E-state index in [0.29, 0.717) is 21.1 Å². The lowest BCUT2D eigenvalue weighted by Crippen LogP contribution is -2.21. The van der Waals surface area contributed by atoms with Gasteiger partial charge in [-0.2, -0.15) is 13.2 Å². The van der Waals surface area contributed by atoms with Gasteiger partial charge in [0.2, 0.25) is 11.1 Å². The van der Waals surface area contributed by atoms with Gasteiger partial charge >= 0.3 is 6.18 Å². The van der Waals surface area contributed by atoms with Gasteiger partial charge in [0.05, 0.1) is 12.1 Å². The Bertz CT molecular complexity index is 968. The molecule has 0 aliphatic heterocycles. The SMILES string of the molecule is Cc1ccc(NC(=O)Cc2nc(CSc3nnc(C(F)(F)F)n3N)cs2)cc1. The van der Waals surface area contributed by atoms with Gasteiger partial charge < -0.3 is 11.2 Å². The smallest absolute Gasteiger partial charge is 0.335 e. The zero-order valence-corrected chi connectivity index (χ0v) is 16.2. The van der Waals surface area contributed by atoms with Crippen molar-refractivity contribution in [2.45, 2.75) is 30.4 Å². The fourth-order valence-corrected chi connectivity index (χ4v) is 3.83. The van der Waals surface area contributed by atoms with E-state index in [9.17, 15) is 18.0 Å². The number of rotatable bonds is 6. The fourth-order valence-electron chi connectivity index (χ4n) is 2.18. The van der Waals surface area contributed by atoms with Crippen LogP contribution in [-0.2, 0) is 23.1 Å². The van der Waals surface area contributed by atoms with Crippen LogP contribution in [0.15, 0.2) is 34.8 Å². The monoisotopic (exact) mass is 428 g/mol. The Labute approximate surface area is 166 Å². The van der Waals surface area contributed by atoms with Crippen LogP contribution in [0.25, 0.3) is 0 Å². The minimum atomic E-state index is -4.67. The quantitative estimate of drug-likeness (QED) is 0.462. The molecule has 0 bridgehead atoms. The summed E-state index contributed by atoms with van der Waals surface area (Å²) in [5.74, 6) is 4.18. The number of hydrogen-bond acceptors (Lipinski definition) is 7. The van der Waals surface area contributed by atoms with Crippen LogP contribution in [-0.4, -0.2) is 25.8 Å². The topological polar surface area (TPSA) is 98.7 Å². The predicted molar refractivity (Wildman–Crippen MR) is 100 cm³/mol. The van der Waals surface area contributed by atoms with E-state index < -0.39 is 12.0 Å². The second-order valence-corrected chi connectivity index (χ2v) is 7.67. The average Bonchev–Trinajstić information content (AvgIpc) is 3.21. The number of halogens is 3. The zero-order chi connectivity index (χ0) is 20.3. The van der Waals surface area contributed by atoms with Crippen LogP contribution in [0.3, 0.4) is 0 Å². The number of hydrogen-bond donors (Lipinski definition) is 2. The van der Waals surface area contributed by atoms with E-state index in [1.807, 2.05) is 31.2 Å². The van der Waals surface area contributed by atoms with E-state index >= 15 is 0 Å². The Hall–Kier alpha value is -2.60. The zero-order valence-electron chi connectivity index (χ0n) is 14.5. The molecule has 1 amide bonds. The van der Waals surface area contributed by atoms with Gasteiger partial charge in [0.1, 0.15) is 5.01 Å². The summed E-state index contributed by atoms with van der Waals surface area (Å²) in [7, 11) is 0.